The Morgan fingerprint density at radius 1 is 1.00 bits per heavy atom. The summed E-state index contributed by atoms with van der Waals surface area (Å²) in [6, 6.07) is 14.0. The highest BCUT2D eigenvalue weighted by molar-refractivity contribution is 14.0. The third-order valence-electron chi connectivity index (χ3n) is 4.10. The molecule has 5 nitrogen and oxygen atoms in total. The Kier molecular flexibility index (Phi) is 11.0. The molecule has 0 bridgehead atoms. The molecule has 152 valence electrons. The number of nitrogens with one attached hydrogen (secondary N) is 3. The van der Waals surface area contributed by atoms with Crippen LogP contribution >= 0.6 is 35.7 Å². The Morgan fingerprint density at radius 2 is 1.71 bits per heavy atom. The highest BCUT2D eigenvalue weighted by Crippen LogP contribution is 2.21. The zero-order valence-corrected chi connectivity index (χ0v) is 20.0. The fraction of sp³-hybridized carbons (Fsp3) is 0.333. The minimum absolute atomic E-state index is 0. The van der Waals surface area contributed by atoms with Crippen LogP contribution in [-0.2, 0) is 6.54 Å². The number of thioether (sulfide) groups is 1. The largest absolute Gasteiger partial charge is 0.355 e. The van der Waals surface area contributed by atoms with Crippen molar-refractivity contribution in [2.75, 3.05) is 26.4 Å². The van der Waals surface area contributed by atoms with Gasteiger partial charge in [0.05, 0.1) is 0 Å². The van der Waals surface area contributed by atoms with Gasteiger partial charge in [0.25, 0.3) is 5.91 Å². The second kappa shape index (κ2) is 12.7. The van der Waals surface area contributed by atoms with E-state index in [1.807, 2.05) is 31.2 Å². The van der Waals surface area contributed by atoms with Gasteiger partial charge in [0.15, 0.2) is 5.96 Å². The van der Waals surface area contributed by atoms with Gasteiger partial charge in [-0.15, -0.1) is 35.7 Å². The zero-order chi connectivity index (χ0) is 19.6. The second-order valence-electron chi connectivity index (χ2n) is 6.29. The van der Waals surface area contributed by atoms with Crippen LogP contribution in [0.3, 0.4) is 0 Å². The summed E-state index contributed by atoms with van der Waals surface area (Å²) in [5.74, 6) is 0.653. The Bertz CT molecular complexity index is 811. The van der Waals surface area contributed by atoms with E-state index < -0.39 is 0 Å². The minimum atomic E-state index is -0.0623. The number of hydrogen-bond donors (Lipinski definition) is 3. The number of benzene rings is 2. The first kappa shape index (κ1) is 24.3. The molecule has 2 rings (SSSR count). The van der Waals surface area contributed by atoms with Crippen LogP contribution in [0.5, 0.6) is 0 Å². The monoisotopic (exact) mass is 512 g/mol. The van der Waals surface area contributed by atoms with Gasteiger partial charge in [-0.3, -0.25) is 9.79 Å². The number of hydrogen-bond acceptors (Lipinski definition) is 3. The Labute approximate surface area is 189 Å². The molecule has 0 heterocycles. The predicted octanol–water partition coefficient (Wildman–Crippen LogP) is 3.74. The van der Waals surface area contributed by atoms with Gasteiger partial charge in [-0.2, -0.15) is 0 Å². The van der Waals surface area contributed by atoms with Crippen LogP contribution in [0.25, 0.3) is 0 Å². The molecule has 3 N–H and O–H groups in total. The first-order chi connectivity index (χ1) is 13.0. The van der Waals surface area contributed by atoms with Crippen molar-refractivity contribution in [2.45, 2.75) is 25.3 Å². The lowest BCUT2D eigenvalue weighted by Crippen LogP contribution is -2.41. The third kappa shape index (κ3) is 7.71. The van der Waals surface area contributed by atoms with Gasteiger partial charge in [-0.25, -0.2) is 0 Å². The minimum Gasteiger partial charge on any atom is -0.355 e. The molecule has 28 heavy (non-hydrogen) atoms. The average molecular weight is 512 g/mol. The summed E-state index contributed by atoms with van der Waals surface area (Å²) in [5, 5.41) is 9.46. The Hall–Kier alpha value is -1.74. The van der Waals surface area contributed by atoms with Gasteiger partial charge < -0.3 is 16.0 Å². The van der Waals surface area contributed by atoms with E-state index in [9.17, 15) is 4.79 Å². The van der Waals surface area contributed by atoms with Crippen LogP contribution in [0.15, 0.2) is 52.4 Å². The molecule has 0 radical (unpaired) electrons. The molecule has 0 saturated carbocycles. The topological polar surface area (TPSA) is 65.5 Å². The Morgan fingerprint density at radius 3 is 2.39 bits per heavy atom. The Balaban J connectivity index is 0.00000392. The number of amides is 1. The highest BCUT2D eigenvalue weighted by atomic mass is 127. The molecule has 0 spiro atoms. The number of halogens is 1. The lowest BCUT2D eigenvalue weighted by Gasteiger charge is -2.14. The molecule has 0 aliphatic heterocycles. The van der Waals surface area contributed by atoms with E-state index in [4.69, 9.17) is 0 Å². The SMILES string of the molecule is CN=C(NCCNC(=O)c1cccc(C)c1)NCc1ccc(C)cc1SC.I. The number of guanidine groups is 1. The summed E-state index contributed by atoms with van der Waals surface area (Å²) in [7, 11) is 1.74. The highest BCUT2D eigenvalue weighted by Gasteiger charge is 2.06. The number of carbonyl (C=O) groups is 1. The summed E-state index contributed by atoms with van der Waals surface area (Å²) in [4.78, 5) is 17.6. The van der Waals surface area contributed by atoms with Crippen LogP contribution in [0.1, 0.15) is 27.0 Å². The molecule has 0 saturated heterocycles. The van der Waals surface area contributed by atoms with Gasteiger partial charge in [0.1, 0.15) is 0 Å². The van der Waals surface area contributed by atoms with Crippen LogP contribution in [0.2, 0.25) is 0 Å². The van der Waals surface area contributed by atoms with E-state index >= 15 is 0 Å². The van der Waals surface area contributed by atoms with Crippen molar-refractivity contribution in [3.63, 3.8) is 0 Å². The van der Waals surface area contributed by atoms with E-state index in [2.05, 4.69) is 52.3 Å². The van der Waals surface area contributed by atoms with E-state index in [0.29, 0.717) is 31.2 Å². The maximum atomic E-state index is 12.1. The molecule has 0 fully saturated rings. The molecule has 0 atom stereocenters. The van der Waals surface area contributed by atoms with Crippen molar-refractivity contribution in [3.05, 3.63) is 64.7 Å². The lowest BCUT2D eigenvalue weighted by molar-refractivity contribution is 0.0954. The van der Waals surface area contributed by atoms with Gasteiger partial charge >= 0.3 is 0 Å². The molecule has 7 heteroatoms. The van der Waals surface area contributed by atoms with Gasteiger partial charge in [0.2, 0.25) is 0 Å². The summed E-state index contributed by atoms with van der Waals surface area (Å²) >= 11 is 1.74. The fourth-order valence-electron chi connectivity index (χ4n) is 2.64. The summed E-state index contributed by atoms with van der Waals surface area (Å²) in [6.07, 6.45) is 2.09. The zero-order valence-electron chi connectivity index (χ0n) is 16.8. The van der Waals surface area contributed by atoms with E-state index in [-0.39, 0.29) is 29.9 Å². The summed E-state index contributed by atoms with van der Waals surface area (Å²) < 4.78 is 0. The maximum absolute atomic E-state index is 12.1. The van der Waals surface area contributed by atoms with Crippen molar-refractivity contribution < 1.29 is 4.79 Å². The van der Waals surface area contributed by atoms with Crippen LogP contribution in [0, 0.1) is 13.8 Å². The lowest BCUT2D eigenvalue weighted by atomic mass is 10.1. The number of rotatable bonds is 7. The maximum Gasteiger partial charge on any atom is 0.251 e. The van der Waals surface area contributed by atoms with Gasteiger partial charge in [-0.1, -0.05) is 29.8 Å². The van der Waals surface area contributed by atoms with Crippen molar-refractivity contribution in [1.29, 1.82) is 0 Å². The third-order valence-corrected chi connectivity index (χ3v) is 4.92. The molecular weight excluding hydrogens is 483 g/mol. The van der Waals surface area contributed by atoms with Crippen molar-refractivity contribution >= 4 is 47.6 Å². The number of aryl methyl sites for hydroxylation is 2. The summed E-state index contributed by atoms with van der Waals surface area (Å²) in [5.41, 5.74) is 4.26. The van der Waals surface area contributed by atoms with E-state index in [1.54, 1.807) is 18.8 Å². The molecule has 0 aromatic heterocycles. The average Bonchev–Trinajstić information content (AvgIpc) is 2.67. The molecule has 0 unspecified atom stereocenters. The number of carbonyl (C=O) groups excluding carboxylic acids is 1. The van der Waals surface area contributed by atoms with Crippen molar-refractivity contribution in [2.24, 2.45) is 4.99 Å². The molecule has 0 aliphatic carbocycles. The second-order valence-corrected chi connectivity index (χ2v) is 7.14. The van der Waals surface area contributed by atoms with E-state index in [0.717, 1.165) is 5.56 Å². The van der Waals surface area contributed by atoms with Gasteiger partial charge in [-0.05, 0) is 49.4 Å². The van der Waals surface area contributed by atoms with E-state index in [1.165, 1.54) is 16.0 Å². The predicted molar refractivity (Wildman–Crippen MR) is 130 cm³/mol. The molecular formula is C21H29IN4OS. The molecule has 1 amide bonds. The molecule has 0 aliphatic rings. The molecule has 2 aromatic rings. The fourth-order valence-corrected chi connectivity index (χ4v) is 3.35. The normalized spacial score (nSPS) is 10.8. The van der Waals surface area contributed by atoms with Gasteiger partial charge in [0, 0.05) is 37.1 Å². The standard InChI is InChI=1S/C21H28N4OS.HI/c1-15-6-5-7-17(12-15)20(26)23-10-11-24-21(22-3)25-14-18-9-8-16(2)13-19(18)27-4;/h5-9,12-13H,10-11,14H2,1-4H3,(H,23,26)(H2,22,24,25);1H. The quantitative estimate of drug-likeness (QED) is 0.174. The smallest absolute Gasteiger partial charge is 0.251 e. The van der Waals surface area contributed by atoms with Crippen molar-refractivity contribution in [1.82, 2.24) is 16.0 Å². The first-order valence-corrected chi connectivity index (χ1v) is 10.2. The number of nitrogens with zero attached hydrogens (tertiary/aromatic N) is 1. The first-order valence-electron chi connectivity index (χ1n) is 8.96. The molecule has 2 aromatic carbocycles. The number of aliphatic imine (C=N–C) groups is 1. The van der Waals surface area contributed by atoms with Crippen LogP contribution in [-0.4, -0.2) is 38.3 Å². The van der Waals surface area contributed by atoms with Crippen molar-refractivity contribution in [3.8, 4) is 0 Å². The summed E-state index contributed by atoms with van der Waals surface area (Å²) in [6.45, 7) is 5.90. The van der Waals surface area contributed by atoms with Crippen LogP contribution in [0.4, 0.5) is 0 Å². The van der Waals surface area contributed by atoms with Crippen LogP contribution < -0.4 is 16.0 Å².